The largest absolute Gasteiger partial charge is 0.310 e. The SMILES string of the molecule is C=CCN(C(C)C)S(=O)(=O)c1cccc(CNC2CC2)c1. The summed E-state index contributed by atoms with van der Waals surface area (Å²) in [5, 5.41) is 3.40. The summed E-state index contributed by atoms with van der Waals surface area (Å²) in [5.41, 5.74) is 1.00. The third kappa shape index (κ3) is 4.15. The van der Waals surface area contributed by atoms with E-state index in [4.69, 9.17) is 0 Å². The summed E-state index contributed by atoms with van der Waals surface area (Å²) in [6, 6.07) is 7.71. The van der Waals surface area contributed by atoms with Crippen molar-refractivity contribution < 1.29 is 8.42 Å². The lowest BCUT2D eigenvalue weighted by atomic mass is 10.2. The molecule has 1 fully saturated rings. The van der Waals surface area contributed by atoms with E-state index in [-0.39, 0.29) is 6.04 Å². The highest BCUT2D eigenvalue weighted by molar-refractivity contribution is 7.89. The predicted molar refractivity (Wildman–Crippen MR) is 85.5 cm³/mol. The van der Waals surface area contributed by atoms with Crippen molar-refractivity contribution in [2.24, 2.45) is 0 Å². The minimum Gasteiger partial charge on any atom is -0.310 e. The molecule has 0 bridgehead atoms. The third-order valence-electron chi connectivity index (χ3n) is 3.56. The molecule has 4 nitrogen and oxygen atoms in total. The highest BCUT2D eigenvalue weighted by atomic mass is 32.2. The van der Waals surface area contributed by atoms with Gasteiger partial charge < -0.3 is 5.32 Å². The average molecular weight is 308 g/mol. The van der Waals surface area contributed by atoms with Gasteiger partial charge in [0.2, 0.25) is 10.0 Å². The molecular formula is C16H24N2O2S. The second-order valence-electron chi connectivity index (χ2n) is 5.76. The first-order chi connectivity index (χ1) is 9.95. The Morgan fingerprint density at radius 2 is 2.14 bits per heavy atom. The van der Waals surface area contributed by atoms with Crippen LogP contribution < -0.4 is 5.32 Å². The highest BCUT2D eigenvalue weighted by Gasteiger charge is 2.26. The van der Waals surface area contributed by atoms with Crippen LogP contribution in [0.15, 0.2) is 41.8 Å². The van der Waals surface area contributed by atoms with Crippen LogP contribution in [0, 0.1) is 0 Å². The van der Waals surface area contributed by atoms with Gasteiger partial charge in [-0.15, -0.1) is 6.58 Å². The predicted octanol–water partition coefficient (Wildman–Crippen LogP) is 2.52. The number of hydrogen-bond acceptors (Lipinski definition) is 3. The lowest BCUT2D eigenvalue weighted by Crippen LogP contribution is -2.37. The van der Waals surface area contributed by atoms with Crippen molar-refractivity contribution in [1.29, 1.82) is 0 Å². The summed E-state index contributed by atoms with van der Waals surface area (Å²) in [6.45, 7) is 8.44. The number of rotatable bonds is 8. The number of benzene rings is 1. The molecule has 5 heteroatoms. The molecule has 116 valence electrons. The average Bonchev–Trinajstić information content (AvgIpc) is 3.26. The van der Waals surface area contributed by atoms with Gasteiger partial charge in [-0.3, -0.25) is 0 Å². The third-order valence-corrected chi connectivity index (χ3v) is 5.60. The minimum absolute atomic E-state index is 0.0961. The number of hydrogen-bond donors (Lipinski definition) is 1. The van der Waals surface area contributed by atoms with E-state index >= 15 is 0 Å². The molecule has 2 rings (SSSR count). The van der Waals surface area contributed by atoms with E-state index < -0.39 is 10.0 Å². The van der Waals surface area contributed by atoms with Crippen LogP contribution in [0.3, 0.4) is 0 Å². The fourth-order valence-electron chi connectivity index (χ4n) is 2.21. The second kappa shape index (κ2) is 6.73. The van der Waals surface area contributed by atoms with Crippen LogP contribution in [0.25, 0.3) is 0 Å². The Labute approximate surface area is 127 Å². The molecule has 0 radical (unpaired) electrons. The zero-order chi connectivity index (χ0) is 15.5. The van der Waals surface area contributed by atoms with Gasteiger partial charge in [0.05, 0.1) is 4.90 Å². The molecule has 0 unspecified atom stereocenters. The maximum atomic E-state index is 12.7. The van der Waals surface area contributed by atoms with Crippen molar-refractivity contribution in [3.05, 3.63) is 42.5 Å². The minimum atomic E-state index is -3.47. The van der Waals surface area contributed by atoms with Gasteiger partial charge in [0.25, 0.3) is 0 Å². The first kappa shape index (κ1) is 16.2. The van der Waals surface area contributed by atoms with Crippen LogP contribution in [0.4, 0.5) is 0 Å². The lowest BCUT2D eigenvalue weighted by molar-refractivity contribution is 0.383. The fraction of sp³-hybridized carbons (Fsp3) is 0.500. The highest BCUT2D eigenvalue weighted by Crippen LogP contribution is 2.21. The number of sulfonamides is 1. The fourth-order valence-corrected chi connectivity index (χ4v) is 3.89. The molecule has 0 aromatic heterocycles. The van der Waals surface area contributed by atoms with E-state index in [1.807, 2.05) is 26.0 Å². The van der Waals surface area contributed by atoms with Crippen molar-refractivity contribution in [3.63, 3.8) is 0 Å². The maximum Gasteiger partial charge on any atom is 0.243 e. The standard InChI is InChI=1S/C16H24N2O2S/c1-4-10-18(13(2)3)21(19,20)16-7-5-6-14(11-16)12-17-15-8-9-15/h4-7,11,13,15,17H,1,8-10,12H2,2-3H3. The summed E-state index contributed by atoms with van der Waals surface area (Å²) in [6.07, 6.45) is 4.06. The van der Waals surface area contributed by atoms with E-state index in [2.05, 4.69) is 11.9 Å². The lowest BCUT2D eigenvalue weighted by Gasteiger charge is -2.24. The second-order valence-corrected chi connectivity index (χ2v) is 7.65. The summed E-state index contributed by atoms with van der Waals surface area (Å²) in [4.78, 5) is 0.355. The van der Waals surface area contributed by atoms with Gasteiger partial charge in [-0.05, 0) is 44.4 Å². The normalized spacial score (nSPS) is 15.6. The molecular weight excluding hydrogens is 284 g/mol. The van der Waals surface area contributed by atoms with Crippen LogP contribution in [-0.2, 0) is 16.6 Å². The first-order valence-corrected chi connectivity index (χ1v) is 8.84. The Morgan fingerprint density at radius 1 is 1.43 bits per heavy atom. The van der Waals surface area contributed by atoms with Gasteiger partial charge in [-0.25, -0.2) is 8.42 Å². The zero-order valence-electron chi connectivity index (χ0n) is 12.7. The molecule has 1 N–H and O–H groups in total. The van der Waals surface area contributed by atoms with Crippen LogP contribution in [0.1, 0.15) is 32.3 Å². The smallest absolute Gasteiger partial charge is 0.243 e. The molecule has 0 aliphatic heterocycles. The molecule has 0 atom stereocenters. The molecule has 0 amide bonds. The van der Waals surface area contributed by atoms with Crippen molar-refractivity contribution in [3.8, 4) is 0 Å². The summed E-state index contributed by atoms with van der Waals surface area (Å²) < 4.78 is 26.9. The first-order valence-electron chi connectivity index (χ1n) is 7.40. The van der Waals surface area contributed by atoms with Crippen LogP contribution in [-0.4, -0.2) is 31.4 Å². The maximum absolute atomic E-state index is 12.7. The van der Waals surface area contributed by atoms with Gasteiger partial charge in [0, 0.05) is 25.2 Å². The van der Waals surface area contributed by atoms with E-state index in [1.54, 1.807) is 18.2 Å². The Morgan fingerprint density at radius 3 is 2.71 bits per heavy atom. The van der Waals surface area contributed by atoms with E-state index in [0.29, 0.717) is 17.5 Å². The summed E-state index contributed by atoms with van der Waals surface area (Å²) >= 11 is 0. The molecule has 0 heterocycles. The number of nitrogens with zero attached hydrogens (tertiary/aromatic N) is 1. The van der Waals surface area contributed by atoms with Gasteiger partial charge in [-0.2, -0.15) is 4.31 Å². The van der Waals surface area contributed by atoms with E-state index in [1.165, 1.54) is 17.1 Å². The Hall–Kier alpha value is -1.17. The molecule has 1 aliphatic rings. The van der Waals surface area contributed by atoms with E-state index in [9.17, 15) is 8.42 Å². The molecule has 0 saturated heterocycles. The monoisotopic (exact) mass is 308 g/mol. The Balaban J connectivity index is 2.21. The van der Waals surface area contributed by atoms with Crippen molar-refractivity contribution >= 4 is 10.0 Å². The van der Waals surface area contributed by atoms with Crippen molar-refractivity contribution in [2.75, 3.05) is 6.54 Å². The molecule has 21 heavy (non-hydrogen) atoms. The molecule has 1 aliphatic carbocycles. The van der Waals surface area contributed by atoms with Crippen LogP contribution >= 0.6 is 0 Å². The van der Waals surface area contributed by atoms with Crippen molar-refractivity contribution in [2.45, 2.75) is 50.2 Å². The van der Waals surface area contributed by atoms with Gasteiger partial charge in [0.1, 0.15) is 0 Å². The summed E-state index contributed by atoms with van der Waals surface area (Å²) in [7, 11) is -3.47. The van der Waals surface area contributed by atoms with Crippen LogP contribution in [0.5, 0.6) is 0 Å². The molecule has 1 aromatic carbocycles. The topological polar surface area (TPSA) is 49.4 Å². The Bertz CT molecular complexity index is 592. The Kier molecular flexibility index (Phi) is 5.19. The van der Waals surface area contributed by atoms with Gasteiger partial charge in [0.15, 0.2) is 0 Å². The van der Waals surface area contributed by atoms with E-state index in [0.717, 1.165) is 12.1 Å². The number of nitrogens with one attached hydrogen (secondary N) is 1. The quantitative estimate of drug-likeness (QED) is 0.751. The summed E-state index contributed by atoms with van der Waals surface area (Å²) in [5.74, 6) is 0. The van der Waals surface area contributed by atoms with Gasteiger partial charge >= 0.3 is 0 Å². The molecule has 1 saturated carbocycles. The van der Waals surface area contributed by atoms with Gasteiger partial charge in [-0.1, -0.05) is 18.2 Å². The molecule has 1 aromatic rings. The zero-order valence-corrected chi connectivity index (χ0v) is 13.6. The molecule has 0 spiro atoms. The van der Waals surface area contributed by atoms with Crippen molar-refractivity contribution in [1.82, 2.24) is 9.62 Å². The van der Waals surface area contributed by atoms with Crippen LogP contribution in [0.2, 0.25) is 0 Å².